The van der Waals surface area contributed by atoms with Crippen LogP contribution >= 0.6 is 0 Å². The summed E-state index contributed by atoms with van der Waals surface area (Å²) in [5.74, 6) is 0.490. The van der Waals surface area contributed by atoms with Crippen molar-refractivity contribution < 1.29 is 14.3 Å². The number of hydrogen-bond donors (Lipinski definition) is 0. The lowest BCUT2D eigenvalue weighted by atomic mass is 9.89. The van der Waals surface area contributed by atoms with Crippen molar-refractivity contribution in [3.05, 3.63) is 65.7 Å². The van der Waals surface area contributed by atoms with Crippen LogP contribution in [0.1, 0.15) is 23.5 Å². The van der Waals surface area contributed by atoms with Gasteiger partial charge in [-0.2, -0.15) is 0 Å². The monoisotopic (exact) mass is 309 g/mol. The molecular formula is C19H19NO3. The van der Waals surface area contributed by atoms with Crippen LogP contribution in [0.25, 0.3) is 0 Å². The number of nitrogens with zero attached hydrogens (tertiary/aromatic N) is 1. The van der Waals surface area contributed by atoms with Gasteiger partial charge in [-0.15, -0.1) is 0 Å². The molecule has 1 aliphatic rings. The molecule has 1 heterocycles. The number of ether oxygens (including phenoxy) is 2. The smallest absolute Gasteiger partial charge is 0.331 e. The molecule has 1 aliphatic heterocycles. The Labute approximate surface area is 135 Å². The summed E-state index contributed by atoms with van der Waals surface area (Å²) in [6.45, 7) is 0. The number of aliphatic imine (C=N–C) groups is 1. The molecule has 0 fully saturated rings. The summed E-state index contributed by atoms with van der Waals surface area (Å²) >= 11 is 0. The number of hydrogen-bond acceptors (Lipinski definition) is 4. The van der Waals surface area contributed by atoms with E-state index in [1.165, 1.54) is 7.11 Å². The third-order valence-corrected chi connectivity index (χ3v) is 4.16. The van der Waals surface area contributed by atoms with Gasteiger partial charge in [-0.25, -0.2) is 4.79 Å². The summed E-state index contributed by atoms with van der Waals surface area (Å²) < 4.78 is 10.2. The van der Waals surface area contributed by atoms with Crippen LogP contribution in [-0.2, 0) is 9.53 Å². The molecule has 0 spiro atoms. The van der Waals surface area contributed by atoms with Crippen LogP contribution in [0.15, 0.2) is 59.6 Å². The zero-order chi connectivity index (χ0) is 16.2. The molecule has 3 rings (SSSR count). The summed E-state index contributed by atoms with van der Waals surface area (Å²) in [7, 11) is 3.04. The normalized spacial score (nSPS) is 20.0. The summed E-state index contributed by atoms with van der Waals surface area (Å²) in [6, 6.07) is 17.3. The zero-order valence-corrected chi connectivity index (χ0v) is 13.2. The molecule has 2 aromatic rings. The molecule has 118 valence electrons. The van der Waals surface area contributed by atoms with Crippen LogP contribution in [0.4, 0.5) is 0 Å². The predicted octanol–water partition coefficient (Wildman–Crippen LogP) is 3.21. The van der Waals surface area contributed by atoms with Gasteiger partial charge in [0.1, 0.15) is 5.75 Å². The van der Waals surface area contributed by atoms with E-state index in [1.807, 2.05) is 54.6 Å². The minimum atomic E-state index is -0.497. The van der Waals surface area contributed by atoms with E-state index in [0.717, 1.165) is 22.6 Å². The fourth-order valence-electron chi connectivity index (χ4n) is 2.96. The highest BCUT2D eigenvalue weighted by Gasteiger charge is 2.36. The Bertz CT molecular complexity index is 724. The second kappa shape index (κ2) is 6.65. The molecule has 2 atom stereocenters. The van der Waals surface area contributed by atoms with Crippen LogP contribution in [-0.4, -0.2) is 31.9 Å². The molecule has 0 bridgehead atoms. The fourth-order valence-corrected chi connectivity index (χ4v) is 2.96. The van der Waals surface area contributed by atoms with Gasteiger partial charge in [-0.1, -0.05) is 42.5 Å². The van der Waals surface area contributed by atoms with Crippen molar-refractivity contribution in [3.8, 4) is 5.75 Å². The maximum atomic E-state index is 12.1. The lowest BCUT2D eigenvalue weighted by molar-refractivity contribution is -0.142. The maximum absolute atomic E-state index is 12.1. The second-order valence-electron chi connectivity index (χ2n) is 5.50. The summed E-state index contributed by atoms with van der Waals surface area (Å²) in [4.78, 5) is 16.8. The van der Waals surface area contributed by atoms with Gasteiger partial charge in [0, 0.05) is 11.6 Å². The number of benzene rings is 2. The minimum Gasteiger partial charge on any atom is -0.497 e. The molecule has 0 N–H and O–H groups in total. The molecule has 2 aromatic carbocycles. The van der Waals surface area contributed by atoms with Gasteiger partial charge in [0.05, 0.1) is 14.2 Å². The summed E-state index contributed by atoms with van der Waals surface area (Å²) in [5.41, 5.74) is 2.99. The molecular weight excluding hydrogens is 290 g/mol. The summed E-state index contributed by atoms with van der Waals surface area (Å²) in [5, 5.41) is 0. The second-order valence-corrected chi connectivity index (χ2v) is 5.50. The van der Waals surface area contributed by atoms with E-state index in [0.29, 0.717) is 6.42 Å². The average molecular weight is 309 g/mol. The highest BCUT2D eigenvalue weighted by Crippen LogP contribution is 2.34. The molecule has 0 aromatic heterocycles. The number of carbonyl (C=O) groups excluding carboxylic acids is 1. The van der Waals surface area contributed by atoms with Crippen LogP contribution in [0.3, 0.4) is 0 Å². The van der Waals surface area contributed by atoms with Crippen molar-refractivity contribution in [1.82, 2.24) is 0 Å². The SMILES string of the molecule is COC(=O)[C@@H]1N=C(c2cccc(OC)c2)C[C@@H]1c1ccccc1. The molecule has 0 unspecified atom stereocenters. The van der Waals surface area contributed by atoms with E-state index in [4.69, 9.17) is 9.47 Å². The maximum Gasteiger partial charge on any atom is 0.331 e. The largest absolute Gasteiger partial charge is 0.497 e. The molecule has 0 radical (unpaired) electrons. The number of carbonyl (C=O) groups is 1. The summed E-state index contributed by atoms with van der Waals surface area (Å²) in [6.07, 6.45) is 0.705. The van der Waals surface area contributed by atoms with E-state index >= 15 is 0 Å². The first-order valence-corrected chi connectivity index (χ1v) is 7.57. The van der Waals surface area contributed by atoms with Gasteiger partial charge >= 0.3 is 5.97 Å². The topological polar surface area (TPSA) is 47.9 Å². The molecule has 4 heteroatoms. The lowest BCUT2D eigenvalue weighted by Crippen LogP contribution is -2.24. The van der Waals surface area contributed by atoms with Crippen LogP contribution in [0.5, 0.6) is 5.75 Å². The Kier molecular flexibility index (Phi) is 4.42. The van der Waals surface area contributed by atoms with Crippen molar-refractivity contribution >= 4 is 11.7 Å². The standard InChI is InChI=1S/C19H19NO3/c1-22-15-10-6-9-14(11-15)17-12-16(13-7-4-3-5-8-13)18(20-17)19(21)23-2/h3-11,16,18H,12H2,1-2H3/t16-,18-/m1/s1. The number of esters is 1. The van der Waals surface area contributed by atoms with E-state index < -0.39 is 6.04 Å². The van der Waals surface area contributed by atoms with Crippen LogP contribution in [0.2, 0.25) is 0 Å². The van der Waals surface area contributed by atoms with Crippen molar-refractivity contribution in [3.63, 3.8) is 0 Å². The molecule has 0 saturated carbocycles. The Morgan fingerprint density at radius 1 is 1.09 bits per heavy atom. The highest BCUT2D eigenvalue weighted by molar-refractivity contribution is 6.05. The fraction of sp³-hybridized carbons (Fsp3) is 0.263. The first kappa shape index (κ1) is 15.3. The van der Waals surface area contributed by atoms with Crippen molar-refractivity contribution in [2.75, 3.05) is 14.2 Å². The Morgan fingerprint density at radius 2 is 1.87 bits per heavy atom. The molecule has 23 heavy (non-hydrogen) atoms. The van der Waals surface area contributed by atoms with E-state index in [1.54, 1.807) is 7.11 Å². The third kappa shape index (κ3) is 3.11. The van der Waals surface area contributed by atoms with E-state index in [2.05, 4.69) is 4.99 Å². The van der Waals surface area contributed by atoms with Gasteiger partial charge in [0.25, 0.3) is 0 Å². The molecule has 0 aliphatic carbocycles. The Balaban J connectivity index is 1.95. The quantitative estimate of drug-likeness (QED) is 0.815. The van der Waals surface area contributed by atoms with Crippen molar-refractivity contribution in [1.29, 1.82) is 0 Å². The molecule has 0 saturated heterocycles. The van der Waals surface area contributed by atoms with Crippen LogP contribution < -0.4 is 4.74 Å². The molecule has 4 nitrogen and oxygen atoms in total. The lowest BCUT2D eigenvalue weighted by Gasteiger charge is -2.16. The first-order chi connectivity index (χ1) is 11.2. The van der Waals surface area contributed by atoms with Crippen molar-refractivity contribution in [2.45, 2.75) is 18.4 Å². The van der Waals surface area contributed by atoms with Crippen molar-refractivity contribution in [2.24, 2.45) is 4.99 Å². The Morgan fingerprint density at radius 3 is 2.57 bits per heavy atom. The highest BCUT2D eigenvalue weighted by atomic mass is 16.5. The minimum absolute atomic E-state index is 0.00449. The van der Waals surface area contributed by atoms with Gasteiger partial charge in [-0.3, -0.25) is 4.99 Å². The first-order valence-electron chi connectivity index (χ1n) is 7.57. The van der Waals surface area contributed by atoms with Gasteiger partial charge < -0.3 is 9.47 Å². The zero-order valence-electron chi connectivity index (χ0n) is 13.2. The van der Waals surface area contributed by atoms with E-state index in [9.17, 15) is 4.79 Å². The van der Waals surface area contributed by atoms with E-state index in [-0.39, 0.29) is 11.9 Å². The number of methoxy groups -OCH3 is 2. The Hall–Kier alpha value is -2.62. The number of rotatable bonds is 4. The third-order valence-electron chi connectivity index (χ3n) is 4.16. The van der Waals surface area contributed by atoms with Gasteiger partial charge in [0.15, 0.2) is 6.04 Å². The predicted molar refractivity (Wildman–Crippen MR) is 89.1 cm³/mol. The van der Waals surface area contributed by atoms with Crippen LogP contribution in [0, 0.1) is 0 Å². The van der Waals surface area contributed by atoms with Gasteiger partial charge in [0.2, 0.25) is 0 Å². The van der Waals surface area contributed by atoms with Gasteiger partial charge in [-0.05, 0) is 29.7 Å². The average Bonchev–Trinajstić information content (AvgIpc) is 3.07. The molecule has 0 amide bonds.